The van der Waals surface area contributed by atoms with Gasteiger partial charge in [-0.05, 0) is 18.8 Å². The zero-order valence-corrected chi connectivity index (χ0v) is 11.8. The first-order chi connectivity index (χ1) is 10.1. The van der Waals surface area contributed by atoms with Crippen LogP contribution in [0.25, 0.3) is 10.9 Å². The summed E-state index contributed by atoms with van der Waals surface area (Å²) in [5.41, 5.74) is 1.21. The van der Waals surface area contributed by atoms with Crippen LogP contribution in [0.3, 0.4) is 0 Å². The number of nitrogens with zero attached hydrogens (tertiary/aromatic N) is 3. The highest BCUT2D eigenvalue weighted by molar-refractivity contribution is 6.40. The summed E-state index contributed by atoms with van der Waals surface area (Å²) in [5.74, 6) is -0.670. The van der Waals surface area contributed by atoms with Crippen molar-refractivity contribution in [2.45, 2.75) is 19.8 Å². The van der Waals surface area contributed by atoms with Crippen molar-refractivity contribution < 1.29 is 9.59 Å². The van der Waals surface area contributed by atoms with Crippen molar-refractivity contribution >= 4 is 28.4 Å². The first-order valence-electron chi connectivity index (χ1n) is 7.02. The van der Waals surface area contributed by atoms with Crippen molar-refractivity contribution in [3.63, 3.8) is 0 Å². The van der Waals surface area contributed by atoms with Crippen molar-refractivity contribution in [3.8, 4) is 0 Å². The van der Waals surface area contributed by atoms with E-state index >= 15 is 0 Å². The minimum absolute atomic E-state index is 0.439. The normalized spacial score (nSPS) is 18.7. The zero-order chi connectivity index (χ0) is 14.8. The van der Waals surface area contributed by atoms with Gasteiger partial charge in [-0.1, -0.05) is 6.92 Å². The van der Waals surface area contributed by atoms with Gasteiger partial charge in [0.25, 0.3) is 0 Å². The Bertz CT molecular complexity index is 681. The van der Waals surface area contributed by atoms with Crippen LogP contribution in [0.15, 0.2) is 18.6 Å². The van der Waals surface area contributed by atoms with E-state index < -0.39 is 11.8 Å². The number of anilines is 1. The molecule has 1 aliphatic heterocycles. The van der Waals surface area contributed by atoms with Crippen LogP contribution in [0, 0.1) is 5.92 Å². The van der Waals surface area contributed by atoms with Crippen molar-refractivity contribution in [1.82, 2.24) is 20.1 Å². The molecule has 1 fully saturated rings. The monoisotopic (exact) mass is 287 g/mol. The summed E-state index contributed by atoms with van der Waals surface area (Å²) >= 11 is 0. The maximum atomic E-state index is 12.2. The SMILES string of the molecule is CC1CCCN(C(=O)C(=O)Nc2cncc3[nH]ncc23)C1. The average molecular weight is 287 g/mol. The molecule has 2 N–H and O–H groups in total. The Morgan fingerprint density at radius 2 is 2.24 bits per heavy atom. The highest BCUT2D eigenvalue weighted by Gasteiger charge is 2.26. The highest BCUT2D eigenvalue weighted by atomic mass is 16.2. The van der Waals surface area contributed by atoms with Crippen LogP contribution in [-0.4, -0.2) is 45.0 Å². The summed E-state index contributed by atoms with van der Waals surface area (Å²) < 4.78 is 0. The molecule has 0 aliphatic carbocycles. The molecule has 2 aromatic rings. The third-order valence-electron chi connectivity index (χ3n) is 3.75. The number of H-pyrrole nitrogens is 1. The van der Waals surface area contributed by atoms with Crippen LogP contribution in [0.1, 0.15) is 19.8 Å². The van der Waals surface area contributed by atoms with Crippen molar-refractivity contribution in [1.29, 1.82) is 0 Å². The van der Waals surface area contributed by atoms with E-state index in [2.05, 4.69) is 27.4 Å². The van der Waals surface area contributed by atoms with E-state index in [0.29, 0.717) is 30.2 Å². The lowest BCUT2D eigenvalue weighted by Crippen LogP contribution is -2.44. The number of amides is 2. The molecule has 110 valence electrons. The Morgan fingerprint density at radius 1 is 1.38 bits per heavy atom. The van der Waals surface area contributed by atoms with E-state index in [4.69, 9.17) is 0 Å². The summed E-state index contributed by atoms with van der Waals surface area (Å²) in [6.45, 7) is 3.37. The molecule has 0 spiro atoms. The van der Waals surface area contributed by atoms with E-state index in [1.165, 1.54) is 6.20 Å². The van der Waals surface area contributed by atoms with Gasteiger partial charge in [-0.2, -0.15) is 5.10 Å². The van der Waals surface area contributed by atoms with E-state index in [1.54, 1.807) is 17.3 Å². The number of pyridine rings is 1. The zero-order valence-electron chi connectivity index (χ0n) is 11.8. The highest BCUT2D eigenvalue weighted by Crippen LogP contribution is 2.20. The Balaban J connectivity index is 1.74. The molecule has 21 heavy (non-hydrogen) atoms. The molecule has 3 rings (SSSR count). The molecule has 1 saturated heterocycles. The molecule has 0 radical (unpaired) electrons. The number of hydrogen-bond acceptors (Lipinski definition) is 4. The van der Waals surface area contributed by atoms with Gasteiger partial charge in [-0.25, -0.2) is 0 Å². The minimum atomic E-state index is -0.625. The summed E-state index contributed by atoms with van der Waals surface area (Å²) in [6, 6.07) is 0. The summed E-state index contributed by atoms with van der Waals surface area (Å²) in [7, 11) is 0. The quantitative estimate of drug-likeness (QED) is 0.770. The average Bonchev–Trinajstić information content (AvgIpc) is 2.96. The van der Waals surface area contributed by atoms with Crippen molar-refractivity contribution in [2.75, 3.05) is 18.4 Å². The second-order valence-corrected chi connectivity index (χ2v) is 5.47. The molecule has 7 heteroatoms. The number of rotatable bonds is 1. The van der Waals surface area contributed by atoms with Gasteiger partial charge in [0.05, 0.1) is 29.8 Å². The van der Waals surface area contributed by atoms with Gasteiger partial charge < -0.3 is 10.2 Å². The standard InChI is InChI=1S/C14H17N5O2/c1-9-3-2-4-19(8-9)14(21)13(20)17-11-6-15-7-12-10(11)5-16-18-12/h5-7,9H,2-4,8H2,1H3,(H,16,18)(H,17,20). The Kier molecular flexibility index (Phi) is 3.55. The van der Waals surface area contributed by atoms with E-state index in [-0.39, 0.29) is 0 Å². The maximum absolute atomic E-state index is 12.2. The smallest absolute Gasteiger partial charge is 0.313 e. The van der Waals surface area contributed by atoms with Gasteiger partial charge in [0.15, 0.2) is 0 Å². The number of aromatic amines is 1. The minimum Gasteiger partial charge on any atom is -0.334 e. The van der Waals surface area contributed by atoms with Crippen LogP contribution in [0.4, 0.5) is 5.69 Å². The number of carbonyl (C=O) groups is 2. The van der Waals surface area contributed by atoms with E-state index in [0.717, 1.165) is 18.2 Å². The Hall–Kier alpha value is -2.44. The molecule has 0 bridgehead atoms. The Morgan fingerprint density at radius 3 is 3.05 bits per heavy atom. The first-order valence-corrected chi connectivity index (χ1v) is 7.02. The number of fused-ring (bicyclic) bond motifs is 1. The van der Waals surface area contributed by atoms with Crippen molar-refractivity contribution in [2.24, 2.45) is 5.92 Å². The molecule has 1 aliphatic rings. The summed E-state index contributed by atoms with van der Waals surface area (Å²) in [6.07, 6.45) is 6.77. The van der Waals surface area contributed by atoms with Crippen LogP contribution in [-0.2, 0) is 9.59 Å². The van der Waals surface area contributed by atoms with Crippen LogP contribution in [0.5, 0.6) is 0 Å². The predicted octanol–water partition coefficient (Wildman–Crippen LogP) is 1.15. The number of hydrogen-bond donors (Lipinski definition) is 2. The van der Waals surface area contributed by atoms with Gasteiger partial charge in [0, 0.05) is 18.5 Å². The first kappa shape index (κ1) is 13.5. The van der Waals surface area contributed by atoms with Crippen molar-refractivity contribution in [3.05, 3.63) is 18.6 Å². The topological polar surface area (TPSA) is 91.0 Å². The third kappa shape index (κ3) is 2.72. The van der Waals surface area contributed by atoms with Crippen LogP contribution in [0.2, 0.25) is 0 Å². The molecule has 1 atom stereocenters. The number of piperidine rings is 1. The molecular formula is C14H17N5O2. The predicted molar refractivity (Wildman–Crippen MR) is 77.5 cm³/mol. The lowest BCUT2D eigenvalue weighted by molar-refractivity contribution is -0.144. The summed E-state index contributed by atoms with van der Waals surface area (Å²) in [4.78, 5) is 29.9. The molecule has 7 nitrogen and oxygen atoms in total. The largest absolute Gasteiger partial charge is 0.334 e. The van der Waals surface area contributed by atoms with Crippen LogP contribution < -0.4 is 5.32 Å². The fourth-order valence-corrected chi connectivity index (χ4v) is 2.66. The molecule has 2 aromatic heterocycles. The lowest BCUT2D eigenvalue weighted by Gasteiger charge is -2.30. The summed E-state index contributed by atoms with van der Waals surface area (Å²) in [5, 5.41) is 10.0. The van der Waals surface area contributed by atoms with E-state index in [9.17, 15) is 9.59 Å². The number of aromatic nitrogens is 3. The Labute approximate surface area is 121 Å². The van der Waals surface area contributed by atoms with Gasteiger partial charge in [0.1, 0.15) is 0 Å². The molecular weight excluding hydrogens is 270 g/mol. The maximum Gasteiger partial charge on any atom is 0.313 e. The molecule has 0 saturated carbocycles. The lowest BCUT2D eigenvalue weighted by atomic mass is 10.0. The molecule has 3 heterocycles. The van der Waals surface area contributed by atoms with Gasteiger partial charge in [-0.15, -0.1) is 0 Å². The fraction of sp³-hybridized carbons (Fsp3) is 0.429. The molecule has 0 aromatic carbocycles. The van der Waals surface area contributed by atoms with Gasteiger partial charge in [-0.3, -0.25) is 19.7 Å². The molecule has 2 amide bonds. The third-order valence-corrected chi connectivity index (χ3v) is 3.75. The van der Waals surface area contributed by atoms with Gasteiger partial charge in [0.2, 0.25) is 0 Å². The second-order valence-electron chi connectivity index (χ2n) is 5.47. The fourth-order valence-electron chi connectivity index (χ4n) is 2.66. The number of nitrogens with one attached hydrogen (secondary N) is 2. The van der Waals surface area contributed by atoms with Gasteiger partial charge >= 0.3 is 11.8 Å². The van der Waals surface area contributed by atoms with E-state index in [1.807, 2.05) is 0 Å². The number of likely N-dealkylation sites (tertiary alicyclic amines) is 1. The number of carbonyl (C=O) groups excluding carboxylic acids is 2. The second kappa shape index (κ2) is 5.51. The van der Waals surface area contributed by atoms with Crippen LogP contribution >= 0.6 is 0 Å². The molecule has 1 unspecified atom stereocenters.